The molecule has 0 saturated carbocycles. The molecule has 2 aromatic rings. The largest absolute Gasteiger partial charge is 0.352 e. The molecule has 9 heteroatoms. The molecule has 3 rings (SSSR count). The van der Waals surface area contributed by atoms with Gasteiger partial charge >= 0.3 is 6.03 Å². The van der Waals surface area contributed by atoms with Gasteiger partial charge in [0, 0.05) is 42.6 Å². The summed E-state index contributed by atoms with van der Waals surface area (Å²) in [6.45, 7) is 2.86. The zero-order valence-electron chi connectivity index (χ0n) is 13.1. The van der Waals surface area contributed by atoms with Gasteiger partial charge in [0.05, 0.1) is 12.5 Å². The Morgan fingerprint density at radius 3 is 2.62 bits per heavy atom. The van der Waals surface area contributed by atoms with E-state index in [0.29, 0.717) is 13.1 Å². The van der Waals surface area contributed by atoms with Crippen molar-refractivity contribution >= 4 is 39.7 Å². The van der Waals surface area contributed by atoms with Gasteiger partial charge in [-0.25, -0.2) is 9.78 Å². The van der Waals surface area contributed by atoms with E-state index in [1.54, 1.807) is 17.5 Å². The van der Waals surface area contributed by atoms with E-state index in [1.807, 2.05) is 27.8 Å². The first-order chi connectivity index (χ1) is 11.6. The summed E-state index contributed by atoms with van der Waals surface area (Å²) in [5.41, 5.74) is 5.24. The molecule has 7 nitrogen and oxygen atoms in total. The second-order valence-electron chi connectivity index (χ2n) is 5.46. The third kappa shape index (κ3) is 4.04. The number of carbonyl (C=O) groups excluding carboxylic acids is 2. The molecule has 3 heterocycles. The van der Waals surface area contributed by atoms with E-state index in [-0.39, 0.29) is 18.4 Å². The second-order valence-corrected chi connectivity index (χ2v) is 7.32. The lowest BCUT2D eigenvalue weighted by Crippen LogP contribution is -2.49. The number of nitrogens with zero attached hydrogens (tertiary/aromatic N) is 3. The van der Waals surface area contributed by atoms with Crippen LogP contribution in [0.25, 0.3) is 0 Å². The van der Waals surface area contributed by atoms with Gasteiger partial charge in [-0.2, -0.15) is 0 Å². The van der Waals surface area contributed by atoms with Crippen molar-refractivity contribution in [3.63, 3.8) is 0 Å². The average Bonchev–Trinajstić information content (AvgIpc) is 3.27. The van der Waals surface area contributed by atoms with E-state index < -0.39 is 6.03 Å². The number of urea groups is 1. The van der Waals surface area contributed by atoms with Gasteiger partial charge in [0.2, 0.25) is 5.91 Å². The first-order valence-corrected chi connectivity index (χ1v) is 9.41. The number of thiazole rings is 1. The molecule has 2 aromatic heterocycles. The number of piperazine rings is 1. The number of carbonyl (C=O) groups is 2. The fraction of sp³-hybridized carbons (Fsp3) is 0.400. The summed E-state index contributed by atoms with van der Waals surface area (Å²) in [7, 11) is 0. The summed E-state index contributed by atoms with van der Waals surface area (Å²) in [5.74, 6) is 0.0286. The molecule has 3 amide bonds. The van der Waals surface area contributed by atoms with Crippen molar-refractivity contribution in [3.8, 4) is 0 Å². The van der Waals surface area contributed by atoms with Crippen LogP contribution in [0, 0.1) is 0 Å². The molecule has 1 fully saturated rings. The molecular weight excluding hydrogens is 346 g/mol. The minimum Gasteiger partial charge on any atom is -0.352 e. The van der Waals surface area contributed by atoms with Gasteiger partial charge in [0.1, 0.15) is 0 Å². The second kappa shape index (κ2) is 7.63. The fourth-order valence-corrected chi connectivity index (χ4v) is 4.18. The smallest absolute Gasteiger partial charge is 0.312 e. The van der Waals surface area contributed by atoms with Crippen LogP contribution in [0.3, 0.4) is 0 Å². The Kier molecular flexibility index (Phi) is 5.31. The first-order valence-electron chi connectivity index (χ1n) is 7.65. The third-order valence-electron chi connectivity index (χ3n) is 3.90. The van der Waals surface area contributed by atoms with Crippen LogP contribution in [0.5, 0.6) is 0 Å². The summed E-state index contributed by atoms with van der Waals surface area (Å²) in [6, 6.07) is 2.81. The van der Waals surface area contributed by atoms with E-state index >= 15 is 0 Å². The zero-order chi connectivity index (χ0) is 16.9. The normalized spacial score (nSPS) is 16.0. The van der Waals surface area contributed by atoms with Crippen LogP contribution in [0.15, 0.2) is 29.1 Å². The van der Waals surface area contributed by atoms with Gasteiger partial charge in [-0.05, 0) is 11.4 Å². The van der Waals surface area contributed by atoms with Crippen LogP contribution in [-0.2, 0) is 4.79 Å². The van der Waals surface area contributed by atoms with Crippen molar-refractivity contribution in [2.75, 3.05) is 31.1 Å². The maximum Gasteiger partial charge on any atom is 0.312 e. The molecule has 1 aliphatic rings. The van der Waals surface area contributed by atoms with Crippen molar-refractivity contribution in [2.45, 2.75) is 12.5 Å². The van der Waals surface area contributed by atoms with Crippen molar-refractivity contribution in [2.24, 2.45) is 5.73 Å². The molecule has 128 valence electrons. The summed E-state index contributed by atoms with van der Waals surface area (Å²) in [6.07, 6.45) is 2.01. The Hall–Kier alpha value is -2.13. The van der Waals surface area contributed by atoms with Crippen LogP contribution < -0.4 is 16.0 Å². The number of hydrogen-bond acceptors (Lipinski definition) is 6. The Morgan fingerprint density at radius 2 is 2.04 bits per heavy atom. The molecule has 0 aromatic carbocycles. The summed E-state index contributed by atoms with van der Waals surface area (Å²) < 4.78 is 0. The highest BCUT2D eigenvalue weighted by molar-refractivity contribution is 7.13. The van der Waals surface area contributed by atoms with Gasteiger partial charge < -0.3 is 20.9 Å². The molecule has 24 heavy (non-hydrogen) atoms. The number of rotatable bonds is 5. The van der Waals surface area contributed by atoms with Crippen molar-refractivity contribution in [3.05, 3.63) is 34.0 Å². The lowest BCUT2D eigenvalue weighted by Gasteiger charge is -2.35. The highest BCUT2D eigenvalue weighted by atomic mass is 32.1. The number of hydrogen-bond donors (Lipinski definition) is 2. The maximum atomic E-state index is 12.6. The Balaban J connectivity index is 1.57. The SMILES string of the molecule is NC(=O)NC(CC(=O)N1CCN(c2nccs2)CC1)c1cccs1. The van der Waals surface area contributed by atoms with E-state index in [1.165, 1.54) is 11.3 Å². The molecule has 0 radical (unpaired) electrons. The van der Waals surface area contributed by atoms with E-state index in [0.717, 1.165) is 23.1 Å². The summed E-state index contributed by atoms with van der Waals surface area (Å²) >= 11 is 3.11. The zero-order valence-corrected chi connectivity index (χ0v) is 14.7. The van der Waals surface area contributed by atoms with Crippen molar-refractivity contribution < 1.29 is 9.59 Å². The summed E-state index contributed by atoms with van der Waals surface area (Å²) in [4.78, 5) is 33.1. The minimum atomic E-state index is -0.616. The minimum absolute atomic E-state index is 0.0286. The Morgan fingerprint density at radius 1 is 1.25 bits per heavy atom. The van der Waals surface area contributed by atoms with Gasteiger partial charge in [-0.15, -0.1) is 22.7 Å². The van der Waals surface area contributed by atoms with Crippen LogP contribution in [0.4, 0.5) is 9.93 Å². The van der Waals surface area contributed by atoms with Crippen LogP contribution in [0.1, 0.15) is 17.3 Å². The molecule has 0 aliphatic carbocycles. The average molecular weight is 365 g/mol. The molecule has 0 spiro atoms. The number of anilines is 1. The third-order valence-corrected chi connectivity index (χ3v) is 5.72. The standard InChI is InChI=1S/C15H19N5O2S2/c16-14(22)18-11(12-2-1-8-23-12)10-13(21)19-4-6-20(7-5-19)15-17-3-9-24-15/h1-3,8-9,11H,4-7,10H2,(H3,16,18,22). The Labute approximate surface area is 148 Å². The molecule has 3 N–H and O–H groups in total. The number of primary amides is 1. The maximum absolute atomic E-state index is 12.6. The monoisotopic (exact) mass is 365 g/mol. The van der Waals surface area contributed by atoms with Crippen LogP contribution in [0.2, 0.25) is 0 Å². The number of aromatic nitrogens is 1. The molecule has 1 atom stereocenters. The van der Waals surface area contributed by atoms with Crippen molar-refractivity contribution in [1.29, 1.82) is 0 Å². The number of nitrogens with one attached hydrogen (secondary N) is 1. The highest BCUT2D eigenvalue weighted by Crippen LogP contribution is 2.24. The van der Waals surface area contributed by atoms with Crippen LogP contribution >= 0.6 is 22.7 Å². The Bertz CT molecular complexity index is 666. The van der Waals surface area contributed by atoms with Gasteiger partial charge in [0.25, 0.3) is 0 Å². The highest BCUT2D eigenvalue weighted by Gasteiger charge is 2.26. The van der Waals surface area contributed by atoms with Crippen LogP contribution in [-0.4, -0.2) is 48.0 Å². The molecular formula is C15H19N5O2S2. The van der Waals surface area contributed by atoms with Gasteiger partial charge in [0.15, 0.2) is 5.13 Å². The lowest BCUT2D eigenvalue weighted by atomic mass is 10.1. The van der Waals surface area contributed by atoms with E-state index in [4.69, 9.17) is 5.73 Å². The quantitative estimate of drug-likeness (QED) is 0.843. The summed E-state index contributed by atoms with van der Waals surface area (Å²) in [5, 5.41) is 7.53. The predicted octanol–water partition coefficient (Wildman–Crippen LogP) is 1.65. The molecule has 1 aliphatic heterocycles. The number of nitrogens with two attached hydrogens (primary N) is 1. The van der Waals surface area contributed by atoms with E-state index in [2.05, 4.69) is 15.2 Å². The number of amides is 3. The fourth-order valence-electron chi connectivity index (χ4n) is 2.71. The lowest BCUT2D eigenvalue weighted by molar-refractivity contribution is -0.132. The molecule has 1 saturated heterocycles. The number of thiophene rings is 1. The topological polar surface area (TPSA) is 91.6 Å². The van der Waals surface area contributed by atoms with E-state index in [9.17, 15) is 9.59 Å². The van der Waals surface area contributed by atoms with Gasteiger partial charge in [-0.3, -0.25) is 4.79 Å². The molecule has 1 unspecified atom stereocenters. The first kappa shape index (κ1) is 16.7. The predicted molar refractivity (Wildman–Crippen MR) is 95.3 cm³/mol. The van der Waals surface area contributed by atoms with Gasteiger partial charge in [-0.1, -0.05) is 6.07 Å². The van der Waals surface area contributed by atoms with Crippen molar-refractivity contribution in [1.82, 2.24) is 15.2 Å². The molecule has 0 bridgehead atoms.